The highest BCUT2D eigenvalue weighted by Gasteiger charge is 2.23. The zero-order chi connectivity index (χ0) is 23.2. The molecule has 4 aromatic rings. The Bertz CT molecular complexity index is 1250. The van der Waals surface area contributed by atoms with Gasteiger partial charge in [-0.1, -0.05) is 36.4 Å². The number of fused-ring (bicyclic) bond motifs is 1. The molecule has 0 saturated heterocycles. The van der Waals surface area contributed by atoms with Crippen LogP contribution in [-0.4, -0.2) is 34.8 Å². The first-order valence-electron chi connectivity index (χ1n) is 10.3. The summed E-state index contributed by atoms with van der Waals surface area (Å²) in [7, 11) is 0. The van der Waals surface area contributed by atoms with Crippen LogP contribution in [0.1, 0.15) is 15.9 Å². The van der Waals surface area contributed by atoms with Crippen LogP contribution in [0.4, 0.5) is 21.0 Å². The maximum atomic E-state index is 13.0. The van der Waals surface area contributed by atoms with Crippen LogP contribution in [0.3, 0.4) is 0 Å². The Morgan fingerprint density at radius 3 is 2.15 bits per heavy atom. The number of amides is 2. The molecule has 1 aromatic heterocycles. The van der Waals surface area contributed by atoms with Gasteiger partial charge in [0.1, 0.15) is 0 Å². The van der Waals surface area contributed by atoms with Crippen LogP contribution in [0, 0.1) is 0 Å². The van der Waals surface area contributed by atoms with Crippen LogP contribution in [0.15, 0.2) is 85.1 Å². The highest BCUT2D eigenvalue weighted by atomic mass is 16.6. The zero-order valence-electron chi connectivity index (χ0n) is 17.5. The second kappa shape index (κ2) is 9.69. The van der Waals surface area contributed by atoms with Gasteiger partial charge >= 0.3 is 18.2 Å². The number of hydrogen-bond acceptors (Lipinski definition) is 4. The van der Waals surface area contributed by atoms with Crippen molar-refractivity contribution in [2.75, 3.05) is 11.4 Å². The highest BCUT2D eigenvalue weighted by molar-refractivity contribution is 6.06. The van der Waals surface area contributed by atoms with E-state index in [1.807, 2.05) is 12.1 Å². The fourth-order valence-corrected chi connectivity index (χ4v) is 3.51. The number of para-hydroxylation sites is 2. The van der Waals surface area contributed by atoms with E-state index in [4.69, 9.17) is 9.84 Å². The Balaban J connectivity index is 1.56. The fourth-order valence-electron chi connectivity index (χ4n) is 3.51. The number of rotatable bonds is 6. The molecule has 0 bridgehead atoms. The minimum atomic E-state index is -1.10. The quantitative estimate of drug-likeness (QED) is 0.284. The van der Waals surface area contributed by atoms with Gasteiger partial charge < -0.3 is 20.1 Å². The number of carbonyl (C=O) groups excluding carboxylic acids is 2. The molecule has 0 aliphatic rings. The van der Waals surface area contributed by atoms with Crippen molar-refractivity contribution in [2.45, 2.75) is 6.42 Å². The number of nitrogens with one attached hydrogen (secondary N) is 2. The molecule has 0 spiro atoms. The molecule has 8 heteroatoms. The van der Waals surface area contributed by atoms with Gasteiger partial charge in [0, 0.05) is 23.6 Å². The highest BCUT2D eigenvalue weighted by Crippen LogP contribution is 2.27. The van der Waals surface area contributed by atoms with Gasteiger partial charge in [0.25, 0.3) is 0 Å². The summed E-state index contributed by atoms with van der Waals surface area (Å²) in [5, 5.41) is 11.8. The van der Waals surface area contributed by atoms with Crippen molar-refractivity contribution in [3.8, 4) is 0 Å². The van der Waals surface area contributed by atoms with Crippen molar-refractivity contribution in [3.63, 3.8) is 0 Å². The summed E-state index contributed by atoms with van der Waals surface area (Å²) in [4.78, 5) is 41.0. The van der Waals surface area contributed by atoms with Crippen LogP contribution >= 0.6 is 0 Å². The normalized spacial score (nSPS) is 10.5. The summed E-state index contributed by atoms with van der Waals surface area (Å²) in [6.45, 7) is 0.235. The van der Waals surface area contributed by atoms with E-state index in [0.717, 1.165) is 16.5 Å². The molecule has 0 unspecified atom stereocenters. The molecule has 0 aliphatic carbocycles. The second-order valence-electron chi connectivity index (χ2n) is 7.22. The van der Waals surface area contributed by atoms with Gasteiger partial charge in [-0.15, -0.1) is 0 Å². The number of esters is 1. The lowest BCUT2D eigenvalue weighted by Gasteiger charge is -2.21. The molecule has 33 heavy (non-hydrogen) atoms. The topological polar surface area (TPSA) is 112 Å². The van der Waals surface area contributed by atoms with E-state index in [2.05, 4.69) is 10.3 Å². The van der Waals surface area contributed by atoms with E-state index < -0.39 is 18.2 Å². The predicted octanol–water partition coefficient (Wildman–Crippen LogP) is 5.09. The summed E-state index contributed by atoms with van der Waals surface area (Å²) >= 11 is 0. The SMILES string of the molecule is O=C(O)NCCc1c[nH]c2ccc(C(=O)OC(=O)N(c3ccccc3)c3ccccc3)cc12. The Labute approximate surface area is 189 Å². The maximum absolute atomic E-state index is 13.0. The van der Waals surface area contributed by atoms with Crippen LogP contribution in [0.25, 0.3) is 10.9 Å². The zero-order valence-corrected chi connectivity index (χ0v) is 17.5. The molecular formula is C25H21N3O5. The van der Waals surface area contributed by atoms with Gasteiger partial charge in [-0.3, -0.25) is 0 Å². The van der Waals surface area contributed by atoms with Crippen LogP contribution in [0.5, 0.6) is 0 Å². The molecule has 3 aromatic carbocycles. The van der Waals surface area contributed by atoms with Crippen molar-refractivity contribution in [1.29, 1.82) is 0 Å². The van der Waals surface area contributed by atoms with E-state index in [1.54, 1.807) is 72.9 Å². The predicted molar refractivity (Wildman–Crippen MR) is 124 cm³/mol. The number of carbonyl (C=O) groups is 3. The molecule has 166 valence electrons. The molecule has 0 fully saturated rings. The summed E-state index contributed by atoms with van der Waals surface area (Å²) in [5.74, 6) is -0.783. The van der Waals surface area contributed by atoms with Crippen LogP contribution in [-0.2, 0) is 11.2 Å². The largest absolute Gasteiger partial charge is 0.465 e. The molecule has 2 amide bonds. The first kappa shape index (κ1) is 21.6. The van der Waals surface area contributed by atoms with Gasteiger partial charge in [0.15, 0.2) is 0 Å². The van der Waals surface area contributed by atoms with Crippen LogP contribution < -0.4 is 10.2 Å². The van der Waals surface area contributed by atoms with Crippen LogP contribution in [0.2, 0.25) is 0 Å². The molecular weight excluding hydrogens is 422 g/mol. The van der Waals surface area contributed by atoms with E-state index in [9.17, 15) is 14.4 Å². The van der Waals surface area contributed by atoms with Gasteiger partial charge in [0.2, 0.25) is 0 Å². The maximum Gasteiger partial charge on any atom is 0.426 e. The smallest absolute Gasteiger partial charge is 0.426 e. The number of hydrogen-bond donors (Lipinski definition) is 3. The molecule has 0 atom stereocenters. The number of aromatic amines is 1. The molecule has 3 N–H and O–H groups in total. The number of benzene rings is 3. The number of nitrogens with zero attached hydrogens (tertiary/aromatic N) is 1. The molecule has 0 aliphatic heterocycles. The van der Waals surface area contributed by atoms with Gasteiger partial charge in [-0.25, -0.2) is 19.3 Å². The monoisotopic (exact) mass is 443 g/mol. The van der Waals surface area contributed by atoms with Gasteiger partial charge in [-0.05, 0) is 54.4 Å². The third-order valence-corrected chi connectivity index (χ3v) is 5.07. The third-order valence-electron chi connectivity index (χ3n) is 5.07. The van der Waals surface area contributed by atoms with E-state index in [1.165, 1.54) is 4.90 Å². The molecule has 0 radical (unpaired) electrons. The minimum Gasteiger partial charge on any atom is -0.465 e. The van der Waals surface area contributed by atoms with E-state index >= 15 is 0 Å². The first-order valence-corrected chi connectivity index (χ1v) is 10.3. The third kappa shape index (κ3) is 5.01. The van der Waals surface area contributed by atoms with Crippen molar-refractivity contribution >= 4 is 40.4 Å². The number of anilines is 2. The summed E-state index contributed by atoms with van der Waals surface area (Å²) in [6.07, 6.45) is 0.289. The molecule has 0 saturated carbocycles. The lowest BCUT2D eigenvalue weighted by molar-refractivity contribution is 0.0638. The molecule has 4 rings (SSSR count). The lowest BCUT2D eigenvalue weighted by Crippen LogP contribution is -2.29. The second-order valence-corrected chi connectivity index (χ2v) is 7.22. The van der Waals surface area contributed by atoms with Crippen molar-refractivity contribution in [3.05, 3.63) is 96.2 Å². The van der Waals surface area contributed by atoms with Crippen molar-refractivity contribution in [1.82, 2.24) is 10.3 Å². The number of carboxylic acid groups (broad SMARTS) is 1. The minimum absolute atomic E-state index is 0.212. The Morgan fingerprint density at radius 2 is 1.55 bits per heavy atom. The summed E-state index contributed by atoms with van der Waals surface area (Å²) < 4.78 is 5.23. The molecule has 8 nitrogen and oxygen atoms in total. The lowest BCUT2D eigenvalue weighted by atomic mass is 10.1. The standard InChI is InChI=1S/C25H21N3O5/c29-23(17-11-12-22-21(15-17)18(16-27-22)13-14-26-24(30)31)33-25(32)28(19-7-3-1-4-8-19)20-9-5-2-6-10-20/h1-12,15-16,26-27H,13-14H2,(H,30,31). The fraction of sp³-hybridized carbons (Fsp3) is 0.0800. The van der Waals surface area contributed by atoms with E-state index in [0.29, 0.717) is 17.8 Å². The van der Waals surface area contributed by atoms with E-state index in [-0.39, 0.29) is 12.1 Å². The average Bonchev–Trinajstić information content (AvgIpc) is 3.22. The number of aromatic nitrogens is 1. The summed E-state index contributed by atoms with van der Waals surface area (Å²) in [5.41, 5.74) is 2.98. The Hall–Kier alpha value is -4.59. The van der Waals surface area contributed by atoms with Gasteiger partial charge in [-0.2, -0.15) is 0 Å². The number of H-pyrrole nitrogens is 1. The van der Waals surface area contributed by atoms with Gasteiger partial charge in [0.05, 0.1) is 16.9 Å². The summed E-state index contributed by atoms with van der Waals surface area (Å²) in [6, 6.07) is 22.8. The van der Waals surface area contributed by atoms with Crippen molar-refractivity contribution in [2.24, 2.45) is 0 Å². The Kier molecular flexibility index (Phi) is 6.36. The Morgan fingerprint density at radius 1 is 0.909 bits per heavy atom. The molecule has 1 heterocycles. The van der Waals surface area contributed by atoms with Crippen molar-refractivity contribution < 1.29 is 24.2 Å². The number of ether oxygens (including phenoxy) is 1. The first-order chi connectivity index (χ1) is 16.0. The average molecular weight is 443 g/mol.